The second kappa shape index (κ2) is 13.1. The van der Waals surface area contributed by atoms with Crippen molar-refractivity contribution in [2.45, 2.75) is 51.2 Å². The van der Waals surface area contributed by atoms with E-state index in [0.717, 1.165) is 60.3 Å². The van der Waals surface area contributed by atoms with Gasteiger partial charge in [-0.25, -0.2) is 0 Å². The molecule has 1 fully saturated rings. The zero-order valence-corrected chi connectivity index (χ0v) is 20.8. The van der Waals surface area contributed by atoms with Crippen LogP contribution in [0.25, 0.3) is 11.1 Å². The number of aliphatic hydroxyl groups is 1. The number of aliphatic hydroxyl groups excluding tert-OH is 1. The topological polar surface area (TPSA) is 66.8 Å². The number of ether oxygens (including phenoxy) is 1. The Labute approximate surface area is 213 Å². The highest BCUT2D eigenvalue weighted by molar-refractivity contribution is 5.79. The minimum absolute atomic E-state index is 0.0219. The quantitative estimate of drug-likeness (QED) is 0.388. The van der Waals surface area contributed by atoms with E-state index in [1.165, 1.54) is 0 Å². The van der Waals surface area contributed by atoms with E-state index in [0.29, 0.717) is 19.3 Å². The number of rotatable bonds is 11. The number of ketones is 1. The molecular formula is C31H35NO4. The average Bonchev–Trinajstić information content (AvgIpc) is 2.92. The Balaban J connectivity index is 1.17. The van der Waals surface area contributed by atoms with Crippen molar-refractivity contribution in [2.24, 2.45) is 0 Å². The molecule has 0 atom stereocenters. The largest absolute Gasteiger partial charge is 0.462 e. The van der Waals surface area contributed by atoms with Crippen LogP contribution in [0.1, 0.15) is 42.4 Å². The van der Waals surface area contributed by atoms with Crippen LogP contribution in [-0.2, 0) is 33.8 Å². The molecule has 1 aliphatic heterocycles. The van der Waals surface area contributed by atoms with Crippen LogP contribution in [0.5, 0.6) is 0 Å². The van der Waals surface area contributed by atoms with E-state index in [4.69, 9.17) is 4.74 Å². The van der Waals surface area contributed by atoms with Crippen LogP contribution in [0.4, 0.5) is 0 Å². The maximum Gasteiger partial charge on any atom is 0.310 e. The first-order chi connectivity index (χ1) is 17.6. The van der Waals surface area contributed by atoms with E-state index < -0.39 is 0 Å². The van der Waals surface area contributed by atoms with Crippen LogP contribution >= 0.6 is 0 Å². The van der Waals surface area contributed by atoms with Gasteiger partial charge in [0.2, 0.25) is 0 Å². The molecule has 0 aromatic heterocycles. The Hall–Kier alpha value is -3.28. The number of Topliss-reactive ketones (excluding diaryl/α,β-unsaturated/α-hetero) is 1. The van der Waals surface area contributed by atoms with Crippen LogP contribution in [0.2, 0.25) is 0 Å². The lowest BCUT2D eigenvalue weighted by Crippen LogP contribution is -2.39. The lowest BCUT2D eigenvalue weighted by molar-refractivity contribution is -0.150. The molecule has 1 heterocycles. The number of hydrogen-bond acceptors (Lipinski definition) is 5. The van der Waals surface area contributed by atoms with E-state index in [2.05, 4.69) is 17.0 Å². The van der Waals surface area contributed by atoms with Crippen molar-refractivity contribution in [3.05, 3.63) is 95.6 Å². The summed E-state index contributed by atoms with van der Waals surface area (Å²) in [5.74, 6) is 0.0762. The van der Waals surface area contributed by atoms with Crippen molar-refractivity contribution < 1.29 is 19.4 Å². The van der Waals surface area contributed by atoms with Crippen molar-refractivity contribution in [1.82, 2.24) is 4.90 Å². The maximum absolute atomic E-state index is 12.7. The predicted octanol–water partition coefficient (Wildman–Crippen LogP) is 4.99. The van der Waals surface area contributed by atoms with Crippen LogP contribution < -0.4 is 0 Å². The second-order valence-electron chi connectivity index (χ2n) is 9.50. The lowest BCUT2D eigenvalue weighted by atomic mass is 9.98. The number of piperidine rings is 1. The molecule has 0 saturated carbocycles. The van der Waals surface area contributed by atoms with Gasteiger partial charge in [0, 0.05) is 32.5 Å². The van der Waals surface area contributed by atoms with Gasteiger partial charge in [-0.3, -0.25) is 9.59 Å². The fourth-order valence-electron chi connectivity index (χ4n) is 4.78. The third-order valence-corrected chi connectivity index (χ3v) is 6.84. The second-order valence-corrected chi connectivity index (χ2v) is 9.50. The van der Waals surface area contributed by atoms with Gasteiger partial charge >= 0.3 is 5.97 Å². The molecule has 5 nitrogen and oxygen atoms in total. The predicted molar refractivity (Wildman–Crippen MR) is 141 cm³/mol. The van der Waals surface area contributed by atoms with Crippen LogP contribution in [0.15, 0.2) is 78.9 Å². The number of carbonyl (C=O) groups is 2. The molecule has 1 saturated heterocycles. The minimum Gasteiger partial charge on any atom is -0.462 e. The first-order valence-electron chi connectivity index (χ1n) is 12.9. The number of aryl methyl sites for hydroxylation is 1. The molecule has 0 bridgehead atoms. The molecule has 36 heavy (non-hydrogen) atoms. The zero-order valence-electron chi connectivity index (χ0n) is 20.8. The van der Waals surface area contributed by atoms with Gasteiger partial charge in [-0.2, -0.15) is 0 Å². The maximum atomic E-state index is 12.7. The highest BCUT2D eigenvalue weighted by atomic mass is 16.5. The van der Waals surface area contributed by atoms with Gasteiger partial charge in [0.05, 0.1) is 13.0 Å². The standard InChI is InChI=1S/C31H35NO4/c33-23-25-8-6-7-24(21-25)13-14-28(34)15-18-32-19-16-29(17-20-32)36-31(35)22-27-11-4-5-12-30(27)26-9-2-1-3-10-26/h1-12,21,29,33H,13-20,22-23H2. The summed E-state index contributed by atoms with van der Waals surface area (Å²) >= 11 is 0. The molecule has 0 aliphatic carbocycles. The number of hydrogen-bond donors (Lipinski definition) is 1. The Morgan fingerprint density at radius 3 is 2.36 bits per heavy atom. The van der Waals surface area contributed by atoms with Crippen molar-refractivity contribution in [2.75, 3.05) is 19.6 Å². The summed E-state index contributed by atoms with van der Waals surface area (Å²) in [6.07, 6.45) is 3.57. The molecule has 188 valence electrons. The molecule has 1 aliphatic rings. The molecule has 5 heteroatoms. The average molecular weight is 486 g/mol. The highest BCUT2D eigenvalue weighted by Gasteiger charge is 2.23. The van der Waals surface area contributed by atoms with Crippen molar-refractivity contribution in [3.63, 3.8) is 0 Å². The van der Waals surface area contributed by atoms with Gasteiger partial charge < -0.3 is 14.7 Å². The van der Waals surface area contributed by atoms with Crippen molar-refractivity contribution >= 4 is 11.8 Å². The molecule has 0 unspecified atom stereocenters. The molecule has 4 rings (SSSR count). The third-order valence-electron chi connectivity index (χ3n) is 6.84. The van der Waals surface area contributed by atoms with Gasteiger partial charge in [-0.1, -0.05) is 78.9 Å². The summed E-state index contributed by atoms with van der Waals surface area (Å²) in [5, 5.41) is 9.26. The fraction of sp³-hybridized carbons (Fsp3) is 0.355. The molecule has 0 amide bonds. The molecule has 1 N–H and O–H groups in total. The summed E-state index contributed by atoms with van der Waals surface area (Å²) in [7, 11) is 0. The summed E-state index contributed by atoms with van der Waals surface area (Å²) < 4.78 is 5.82. The van der Waals surface area contributed by atoms with Gasteiger partial charge in [0.1, 0.15) is 11.9 Å². The van der Waals surface area contributed by atoms with E-state index in [9.17, 15) is 14.7 Å². The lowest BCUT2D eigenvalue weighted by Gasteiger charge is -2.31. The third kappa shape index (κ3) is 7.61. The van der Waals surface area contributed by atoms with Crippen LogP contribution in [0, 0.1) is 0 Å². The monoisotopic (exact) mass is 485 g/mol. The van der Waals surface area contributed by atoms with E-state index >= 15 is 0 Å². The minimum atomic E-state index is -0.183. The van der Waals surface area contributed by atoms with E-state index in [1.807, 2.05) is 66.7 Å². The number of likely N-dealkylation sites (tertiary alicyclic amines) is 1. The SMILES string of the molecule is O=C(CCc1cccc(CO)c1)CCN1CCC(OC(=O)Cc2ccccc2-c2ccccc2)CC1. The number of nitrogens with zero attached hydrogens (tertiary/aromatic N) is 1. The van der Waals surface area contributed by atoms with Gasteiger partial charge in [-0.05, 0) is 47.1 Å². The zero-order chi connectivity index (χ0) is 25.2. The number of carbonyl (C=O) groups excluding carboxylic acids is 2. The Bertz CT molecular complexity index is 1140. The first kappa shape index (κ1) is 25.8. The summed E-state index contributed by atoms with van der Waals surface area (Å²) in [5.41, 5.74) is 5.11. The highest BCUT2D eigenvalue weighted by Crippen LogP contribution is 2.24. The summed E-state index contributed by atoms with van der Waals surface area (Å²) in [6, 6.07) is 25.9. The van der Waals surface area contributed by atoms with Crippen molar-refractivity contribution in [3.8, 4) is 11.1 Å². The fourth-order valence-corrected chi connectivity index (χ4v) is 4.78. The van der Waals surface area contributed by atoms with Crippen molar-refractivity contribution in [1.29, 1.82) is 0 Å². The molecular weight excluding hydrogens is 450 g/mol. The van der Waals surface area contributed by atoms with E-state index in [1.54, 1.807) is 0 Å². The Morgan fingerprint density at radius 2 is 1.58 bits per heavy atom. The van der Waals surface area contributed by atoms with Crippen LogP contribution in [-0.4, -0.2) is 47.5 Å². The van der Waals surface area contributed by atoms with Crippen LogP contribution in [0.3, 0.4) is 0 Å². The molecule has 0 spiro atoms. The molecule has 3 aromatic rings. The number of benzene rings is 3. The molecule has 0 radical (unpaired) electrons. The molecule has 3 aromatic carbocycles. The smallest absolute Gasteiger partial charge is 0.310 e. The number of esters is 1. The Morgan fingerprint density at radius 1 is 0.861 bits per heavy atom. The van der Waals surface area contributed by atoms with Gasteiger partial charge in [0.15, 0.2) is 0 Å². The van der Waals surface area contributed by atoms with Gasteiger partial charge in [-0.15, -0.1) is 0 Å². The summed E-state index contributed by atoms with van der Waals surface area (Å²) in [4.78, 5) is 27.4. The first-order valence-corrected chi connectivity index (χ1v) is 12.9. The van der Waals surface area contributed by atoms with Gasteiger partial charge in [0.25, 0.3) is 0 Å². The summed E-state index contributed by atoms with van der Waals surface area (Å²) in [6.45, 7) is 2.45. The van der Waals surface area contributed by atoms with E-state index in [-0.39, 0.29) is 30.9 Å². The normalized spacial score (nSPS) is 14.5. The Kier molecular flexibility index (Phi) is 9.42.